The van der Waals surface area contributed by atoms with Crippen LogP contribution in [0, 0.1) is 0 Å². The second-order valence-corrected chi connectivity index (χ2v) is 2.52. The van der Waals surface area contributed by atoms with Crippen molar-refractivity contribution in [1.29, 1.82) is 0 Å². The number of nitrogens with two attached hydrogens (primary N) is 1. The van der Waals surface area contributed by atoms with Gasteiger partial charge in [0.1, 0.15) is 11.6 Å². The zero-order valence-corrected chi connectivity index (χ0v) is 6.52. The van der Waals surface area contributed by atoms with Crippen molar-refractivity contribution in [3.05, 3.63) is 5.01 Å². The van der Waals surface area contributed by atoms with Gasteiger partial charge in [-0.1, -0.05) is 0 Å². The van der Waals surface area contributed by atoms with Crippen LogP contribution in [0.15, 0.2) is 0 Å². The summed E-state index contributed by atoms with van der Waals surface area (Å²) in [7, 11) is 0. The fraction of sp³-hybridized carbons (Fsp3) is 0.600. The highest BCUT2D eigenvalue weighted by Gasteiger charge is 1.98. The number of aromatic nitrogens is 2. The average molecular weight is 159 g/mol. The maximum atomic E-state index is 5.28. The Morgan fingerprint density at radius 2 is 2.50 bits per heavy atom. The van der Waals surface area contributed by atoms with Gasteiger partial charge in [0.15, 0.2) is 0 Å². The Morgan fingerprint density at radius 3 is 3.00 bits per heavy atom. The predicted octanol–water partition coefficient (Wildman–Crippen LogP) is 0.657. The molecule has 1 heterocycles. The van der Waals surface area contributed by atoms with Gasteiger partial charge in [-0.15, -0.1) is 0 Å². The molecule has 0 aliphatic rings. The minimum Gasteiger partial charge on any atom is -0.374 e. The second-order valence-electron chi connectivity index (χ2n) is 1.68. The van der Waals surface area contributed by atoms with Gasteiger partial charge >= 0.3 is 0 Å². The maximum Gasteiger partial charge on any atom is 0.232 e. The van der Waals surface area contributed by atoms with E-state index in [-0.39, 0.29) is 0 Å². The largest absolute Gasteiger partial charge is 0.374 e. The van der Waals surface area contributed by atoms with E-state index in [1.807, 2.05) is 6.92 Å². The summed E-state index contributed by atoms with van der Waals surface area (Å²) in [5.41, 5.74) is 5.28. The highest BCUT2D eigenvalue weighted by atomic mass is 32.1. The summed E-state index contributed by atoms with van der Waals surface area (Å²) in [5, 5.41) is 0.833. The van der Waals surface area contributed by atoms with Crippen LogP contribution in [0.4, 0.5) is 5.95 Å². The van der Waals surface area contributed by atoms with Gasteiger partial charge in [-0.25, -0.2) is 4.98 Å². The smallest absolute Gasteiger partial charge is 0.232 e. The van der Waals surface area contributed by atoms with Crippen molar-refractivity contribution in [2.75, 3.05) is 12.3 Å². The molecule has 2 N–H and O–H groups in total. The van der Waals surface area contributed by atoms with Crippen molar-refractivity contribution in [2.45, 2.75) is 13.5 Å². The molecule has 0 unspecified atom stereocenters. The molecule has 1 aromatic heterocycles. The molecule has 1 rings (SSSR count). The first kappa shape index (κ1) is 7.43. The van der Waals surface area contributed by atoms with Gasteiger partial charge in [0.2, 0.25) is 5.95 Å². The van der Waals surface area contributed by atoms with E-state index < -0.39 is 0 Å². The van der Waals surface area contributed by atoms with Gasteiger partial charge in [-0.3, -0.25) is 0 Å². The van der Waals surface area contributed by atoms with Crippen molar-refractivity contribution < 1.29 is 4.74 Å². The van der Waals surface area contributed by atoms with Crippen LogP contribution in [0.5, 0.6) is 0 Å². The molecule has 0 atom stereocenters. The lowest BCUT2D eigenvalue weighted by Gasteiger charge is -1.92. The standard InChI is InChI=1S/C5H9N3OS/c1-2-9-3-4-7-5(6)8-10-4/h2-3H2,1H3,(H2,6,8). The Morgan fingerprint density at radius 1 is 1.70 bits per heavy atom. The maximum absolute atomic E-state index is 5.28. The number of rotatable bonds is 3. The monoisotopic (exact) mass is 159 g/mol. The van der Waals surface area contributed by atoms with Crippen LogP contribution in [0.2, 0.25) is 0 Å². The third-order valence-electron chi connectivity index (χ3n) is 0.913. The van der Waals surface area contributed by atoms with Crippen LogP contribution in [0.1, 0.15) is 11.9 Å². The lowest BCUT2D eigenvalue weighted by atomic mass is 10.7. The van der Waals surface area contributed by atoms with Gasteiger partial charge in [0.25, 0.3) is 0 Å². The Bertz CT molecular complexity index is 201. The molecule has 0 amide bonds. The molecule has 10 heavy (non-hydrogen) atoms. The van der Waals surface area contributed by atoms with Gasteiger partial charge in [-0.2, -0.15) is 4.37 Å². The van der Waals surface area contributed by atoms with Gasteiger partial charge in [-0.05, 0) is 18.5 Å². The summed E-state index contributed by atoms with van der Waals surface area (Å²) in [6.07, 6.45) is 0. The lowest BCUT2D eigenvalue weighted by Crippen LogP contribution is -1.91. The zero-order chi connectivity index (χ0) is 7.40. The summed E-state index contributed by atoms with van der Waals surface area (Å²) >= 11 is 1.28. The number of anilines is 1. The number of hydrogen-bond acceptors (Lipinski definition) is 5. The Kier molecular flexibility index (Phi) is 2.58. The molecule has 56 valence electrons. The minimum atomic E-state index is 0.333. The van der Waals surface area contributed by atoms with E-state index in [1.54, 1.807) is 0 Å². The lowest BCUT2D eigenvalue weighted by molar-refractivity contribution is 0.134. The Hall–Kier alpha value is -0.680. The Labute approximate surface area is 63.2 Å². The highest BCUT2D eigenvalue weighted by molar-refractivity contribution is 7.05. The number of nitrogens with zero attached hydrogens (tertiary/aromatic N) is 2. The first-order valence-electron chi connectivity index (χ1n) is 2.98. The SMILES string of the molecule is CCOCc1nc(N)ns1. The fourth-order valence-corrected chi connectivity index (χ4v) is 1.03. The molecule has 0 spiro atoms. The normalized spacial score (nSPS) is 10.1. The molecule has 0 aliphatic carbocycles. The first-order valence-corrected chi connectivity index (χ1v) is 3.76. The molecule has 0 saturated heterocycles. The van der Waals surface area contributed by atoms with E-state index in [0.29, 0.717) is 19.2 Å². The van der Waals surface area contributed by atoms with Crippen LogP contribution < -0.4 is 5.73 Å². The molecule has 5 heteroatoms. The van der Waals surface area contributed by atoms with Crippen molar-refractivity contribution >= 4 is 17.5 Å². The van der Waals surface area contributed by atoms with Crippen LogP contribution in [-0.2, 0) is 11.3 Å². The van der Waals surface area contributed by atoms with Crippen molar-refractivity contribution in [3.63, 3.8) is 0 Å². The van der Waals surface area contributed by atoms with Crippen molar-refractivity contribution in [2.24, 2.45) is 0 Å². The third kappa shape index (κ3) is 1.93. The topological polar surface area (TPSA) is 61.0 Å². The fourth-order valence-electron chi connectivity index (χ4n) is 0.516. The predicted molar refractivity (Wildman–Crippen MR) is 39.7 cm³/mol. The summed E-state index contributed by atoms with van der Waals surface area (Å²) in [4.78, 5) is 3.91. The minimum absolute atomic E-state index is 0.333. The van der Waals surface area contributed by atoms with Gasteiger partial charge in [0.05, 0.1) is 0 Å². The second kappa shape index (κ2) is 3.48. The molecule has 0 radical (unpaired) electrons. The van der Waals surface area contributed by atoms with E-state index in [4.69, 9.17) is 10.5 Å². The summed E-state index contributed by atoms with van der Waals surface area (Å²) in [5.74, 6) is 0.333. The molecular weight excluding hydrogens is 150 g/mol. The number of nitrogen functional groups attached to an aromatic ring is 1. The average Bonchev–Trinajstić information content (AvgIpc) is 2.31. The van der Waals surface area contributed by atoms with Crippen molar-refractivity contribution in [1.82, 2.24) is 9.36 Å². The number of ether oxygens (including phenoxy) is 1. The molecule has 0 fully saturated rings. The molecule has 0 aliphatic heterocycles. The van der Waals surface area contributed by atoms with E-state index >= 15 is 0 Å². The molecule has 1 aromatic rings. The van der Waals surface area contributed by atoms with E-state index in [1.165, 1.54) is 11.5 Å². The molecular formula is C5H9N3OS. The van der Waals surface area contributed by atoms with Crippen molar-refractivity contribution in [3.8, 4) is 0 Å². The number of hydrogen-bond donors (Lipinski definition) is 1. The summed E-state index contributed by atoms with van der Waals surface area (Å²) in [6, 6.07) is 0. The quantitative estimate of drug-likeness (QED) is 0.703. The highest BCUT2D eigenvalue weighted by Crippen LogP contribution is 2.06. The first-order chi connectivity index (χ1) is 4.83. The molecule has 0 aromatic carbocycles. The zero-order valence-electron chi connectivity index (χ0n) is 5.70. The molecule has 4 nitrogen and oxygen atoms in total. The summed E-state index contributed by atoms with van der Waals surface area (Å²) < 4.78 is 8.88. The Balaban J connectivity index is 2.42. The van der Waals surface area contributed by atoms with Crippen LogP contribution in [0.3, 0.4) is 0 Å². The van der Waals surface area contributed by atoms with E-state index in [2.05, 4.69) is 9.36 Å². The van der Waals surface area contributed by atoms with Crippen LogP contribution in [0.25, 0.3) is 0 Å². The van der Waals surface area contributed by atoms with E-state index in [0.717, 1.165) is 5.01 Å². The van der Waals surface area contributed by atoms with E-state index in [9.17, 15) is 0 Å². The van der Waals surface area contributed by atoms with Gasteiger partial charge in [0, 0.05) is 6.61 Å². The third-order valence-corrected chi connectivity index (χ3v) is 1.61. The van der Waals surface area contributed by atoms with Crippen LogP contribution >= 0.6 is 11.5 Å². The van der Waals surface area contributed by atoms with Gasteiger partial charge < -0.3 is 10.5 Å². The molecule has 0 saturated carbocycles. The molecule has 0 bridgehead atoms. The van der Waals surface area contributed by atoms with Crippen LogP contribution in [-0.4, -0.2) is 16.0 Å². The summed E-state index contributed by atoms with van der Waals surface area (Å²) in [6.45, 7) is 3.15.